The maximum atomic E-state index is 13.6. The van der Waals surface area contributed by atoms with Crippen LogP contribution < -0.4 is 10.6 Å². The Labute approximate surface area is 180 Å². The minimum Gasteiger partial charge on any atom is -0.445 e. The molecule has 1 saturated heterocycles. The van der Waals surface area contributed by atoms with E-state index < -0.39 is 5.92 Å². The van der Waals surface area contributed by atoms with E-state index in [2.05, 4.69) is 11.0 Å². The van der Waals surface area contributed by atoms with Gasteiger partial charge in [0.15, 0.2) is 0 Å². The Morgan fingerprint density at radius 3 is 2.35 bits per heavy atom. The van der Waals surface area contributed by atoms with Gasteiger partial charge >= 0.3 is 0 Å². The molecule has 1 amide bonds. The van der Waals surface area contributed by atoms with Gasteiger partial charge in [-0.25, -0.2) is 4.39 Å². The van der Waals surface area contributed by atoms with E-state index in [0.29, 0.717) is 37.5 Å². The second-order valence-electron chi connectivity index (χ2n) is 7.56. The number of halogens is 1. The molecule has 2 N–H and O–H groups in total. The first kappa shape index (κ1) is 20.5. The number of rotatable bonds is 3. The number of carbonyl (C=O) groups excluding carboxylic acids is 1. The zero-order valence-corrected chi connectivity index (χ0v) is 17.2. The van der Waals surface area contributed by atoms with E-state index >= 15 is 0 Å². The molecule has 0 aromatic heterocycles. The number of allylic oxidation sites excluding steroid dienone is 2. The van der Waals surface area contributed by atoms with E-state index in [9.17, 15) is 14.4 Å². The zero-order chi connectivity index (χ0) is 22.0. The molecule has 0 saturated carbocycles. The molecular weight excluding hydrogens is 395 g/mol. The number of amides is 1. The zero-order valence-electron chi connectivity index (χ0n) is 17.2. The highest BCUT2D eigenvalue weighted by atomic mass is 19.1. The van der Waals surface area contributed by atoms with Crippen molar-refractivity contribution in [2.75, 3.05) is 31.1 Å². The molecule has 2 aromatic carbocycles. The first-order chi connectivity index (χ1) is 15.0. The molecule has 0 unspecified atom stereocenters. The Hall–Kier alpha value is -3.79. The van der Waals surface area contributed by atoms with Gasteiger partial charge in [-0.3, -0.25) is 4.79 Å². The predicted octanol–water partition coefficient (Wildman–Crippen LogP) is 3.26. The highest BCUT2D eigenvalue weighted by Gasteiger charge is 2.37. The van der Waals surface area contributed by atoms with E-state index in [1.165, 1.54) is 12.1 Å². The van der Waals surface area contributed by atoms with Crippen molar-refractivity contribution in [2.24, 2.45) is 5.73 Å². The van der Waals surface area contributed by atoms with Gasteiger partial charge in [0.05, 0.1) is 11.5 Å². The number of hydrogen-bond donors (Lipinski definition) is 1. The lowest BCUT2D eigenvalue weighted by atomic mass is 9.82. The van der Waals surface area contributed by atoms with Crippen molar-refractivity contribution in [3.63, 3.8) is 0 Å². The van der Waals surface area contributed by atoms with Crippen LogP contribution in [-0.2, 0) is 9.53 Å². The standard InChI is InChI=1S/C24H23FN4O2/c1-16-21(22(17-5-3-2-4-6-17)20(15-26)23(27)31-16)24(30)29-13-11-28(12-14-29)19-9-7-18(25)8-10-19/h2-10,22H,11-14,27H2,1H3/t22-/m1/s1. The number of ether oxygens (including phenoxy) is 1. The van der Waals surface area contributed by atoms with Gasteiger partial charge in [0.25, 0.3) is 5.91 Å². The van der Waals surface area contributed by atoms with Crippen LogP contribution in [0.4, 0.5) is 10.1 Å². The van der Waals surface area contributed by atoms with Gasteiger partial charge < -0.3 is 20.3 Å². The van der Waals surface area contributed by atoms with Crippen LogP contribution in [-0.4, -0.2) is 37.0 Å². The maximum absolute atomic E-state index is 13.6. The summed E-state index contributed by atoms with van der Waals surface area (Å²) in [5, 5.41) is 9.72. The topological polar surface area (TPSA) is 82.6 Å². The van der Waals surface area contributed by atoms with Crippen molar-refractivity contribution >= 4 is 11.6 Å². The molecule has 158 valence electrons. The molecule has 0 spiro atoms. The first-order valence-electron chi connectivity index (χ1n) is 10.1. The summed E-state index contributed by atoms with van der Waals surface area (Å²) in [7, 11) is 0. The quantitative estimate of drug-likeness (QED) is 0.827. The second-order valence-corrected chi connectivity index (χ2v) is 7.56. The van der Waals surface area contributed by atoms with E-state index in [4.69, 9.17) is 10.5 Å². The number of nitrogens with two attached hydrogens (primary N) is 1. The van der Waals surface area contributed by atoms with Gasteiger partial charge in [-0.2, -0.15) is 5.26 Å². The number of piperazine rings is 1. The lowest BCUT2D eigenvalue weighted by Crippen LogP contribution is -2.50. The molecule has 31 heavy (non-hydrogen) atoms. The Morgan fingerprint density at radius 1 is 1.10 bits per heavy atom. The Balaban J connectivity index is 1.57. The smallest absolute Gasteiger partial charge is 0.254 e. The minimum absolute atomic E-state index is 0.0338. The molecule has 0 aliphatic carbocycles. The van der Waals surface area contributed by atoms with Gasteiger partial charge in [-0.15, -0.1) is 0 Å². The first-order valence-corrected chi connectivity index (χ1v) is 10.1. The molecule has 2 aromatic rings. The summed E-state index contributed by atoms with van der Waals surface area (Å²) in [6.45, 7) is 3.98. The van der Waals surface area contributed by atoms with Crippen molar-refractivity contribution in [1.29, 1.82) is 5.26 Å². The molecule has 2 aliphatic rings. The molecule has 4 rings (SSSR count). The van der Waals surface area contributed by atoms with E-state index in [0.717, 1.165) is 11.3 Å². The molecule has 0 radical (unpaired) electrons. The Kier molecular flexibility index (Phi) is 5.63. The summed E-state index contributed by atoms with van der Waals surface area (Å²) in [6.07, 6.45) is 0. The number of hydrogen-bond acceptors (Lipinski definition) is 5. The van der Waals surface area contributed by atoms with Gasteiger partial charge in [0, 0.05) is 31.9 Å². The van der Waals surface area contributed by atoms with Crippen LogP contribution in [0.3, 0.4) is 0 Å². The van der Waals surface area contributed by atoms with E-state index in [1.807, 2.05) is 30.3 Å². The van der Waals surface area contributed by atoms with Crippen LogP contribution in [0.2, 0.25) is 0 Å². The van der Waals surface area contributed by atoms with E-state index in [-0.39, 0.29) is 23.2 Å². The lowest BCUT2D eigenvalue weighted by molar-refractivity contribution is -0.128. The number of anilines is 1. The second kappa shape index (κ2) is 8.52. The third-order valence-electron chi connectivity index (χ3n) is 5.73. The van der Waals surface area contributed by atoms with Crippen molar-refractivity contribution in [3.05, 3.63) is 88.8 Å². The van der Waals surface area contributed by atoms with Crippen LogP contribution >= 0.6 is 0 Å². The summed E-state index contributed by atoms with van der Waals surface area (Å²) in [6, 6.07) is 17.9. The average Bonchev–Trinajstić information content (AvgIpc) is 2.79. The molecule has 6 nitrogen and oxygen atoms in total. The number of nitriles is 1. The van der Waals surface area contributed by atoms with Gasteiger partial charge in [0.1, 0.15) is 23.2 Å². The summed E-state index contributed by atoms with van der Waals surface area (Å²) in [5.74, 6) is -0.555. The van der Waals surface area contributed by atoms with Crippen molar-refractivity contribution < 1.29 is 13.9 Å². The van der Waals surface area contributed by atoms with Crippen molar-refractivity contribution in [3.8, 4) is 6.07 Å². The maximum Gasteiger partial charge on any atom is 0.254 e. The molecule has 1 fully saturated rings. The third kappa shape index (κ3) is 3.97. The normalized spacial score (nSPS) is 19.2. The fourth-order valence-corrected chi connectivity index (χ4v) is 4.13. The highest BCUT2D eigenvalue weighted by molar-refractivity contribution is 5.97. The number of nitrogens with zero attached hydrogens (tertiary/aromatic N) is 3. The van der Waals surface area contributed by atoms with Gasteiger partial charge in [-0.05, 0) is 36.8 Å². The SMILES string of the molecule is CC1=C(C(=O)N2CCN(c3ccc(F)cc3)CC2)[C@H](c2ccccc2)C(C#N)=C(N)O1. The molecule has 2 aliphatic heterocycles. The predicted molar refractivity (Wildman–Crippen MR) is 115 cm³/mol. The van der Waals surface area contributed by atoms with Gasteiger partial charge in [0.2, 0.25) is 5.88 Å². The summed E-state index contributed by atoms with van der Waals surface area (Å²) in [4.78, 5) is 17.4. The van der Waals surface area contributed by atoms with Crippen molar-refractivity contribution in [2.45, 2.75) is 12.8 Å². The highest BCUT2D eigenvalue weighted by Crippen LogP contribution is 2.39. The molecule has 7 heteroatoms. The summed E-state index contributed by atoms with van der Waals surface area (Å²) < 4.78 is 18.8. The average molecular weight is 418 g/mol. The van der Waals surface area contributed by atoms with E-state index in [1.54, 1.807) is 24.0 Å². The van der Waals surface area contributed by atoms with Crippen molar-refractivity contribution in [1.82, 2.24) is 4.90 Å². The number of benzene rings is 2. The summed E-state index contributed by atoms with van der Waals surface area (Å²) >= 11 is 0. The summed E-state index contributed by atoms with van der Waals surface area (Å²) in [5.41, 5.74) is 8.41. The lowest BCUT2D eigenvalue weighted by Gasteiger charge is -2.38. The molecule has 2 heterocycles. The monoisotopic (exact) mass is 418 g/mol. The fraction of sp³-hybridized carbons (Fsp3) is 0.250. The van der Waals surface area contributed by atoms with Gasteiger partial charge in [-0.1, -0.05) is 30.3 Å². The Bertz CT molecular complexity index is 1080. The largest absolute Gasteiger partial charge is 0.445 e. The van der Waals surface area contributed by atoms with Crippen LogP contribution in [0.1, 0.15) is 18.4 Å². The molecular formula is C24H23FN4O2. The fourth-order valence-electron chi connectivity index (χ4n) is 4.13. The third-order valence-corrected chi connectivity index (χ3v) is 5.73. The molecule has 1 atom stereocenters. The van der Waals surface area contributed by atoms with Crippen LogP contribution in [0, 0.1) is 17.1 Å². The Morgan fingerprint density at radius 2 is 1.74 bits per heavy atom. The number of carbonyl (C=O) groups is 1. The minimum atomic E-state index is -0.567. The van der Waals surface area contributed by atoms with Crippen LogP contribution in [0.25, 0.3) is 0 Å². The van der Waals surface area contributed by atoms with Crippen LogP contribution in [0.5, 0.6) is 0 Å². The molecule has 0 bridgehead atoms. The van der Waals surface area contributed by atoms with Crippen LogP contribution in [0.15, 0.2) is 77.4 Å².